The molecule has 4 aromatic carbocycles. The Morgan fingerprint density at radius 1 is 0.587 bits per heavy atom. The number of hydrogen-bond donors (Lipinski definition) is 6. The summed E-state index contributed by atoms with van der Waals surface area (Å²) >= 11 is 12.7. The molecule has 6 N–H and O–H groups in total. The number of nitrogens with zero attached hydrogens (tertiary/aromatic N) is 16. The number of anilines is 3. The minimum atomic E-state index is -0.821. The van der Waals surface area contributed by atoms with Crippen LogP contribution in [0.15, 0.2) is 101 Å². The van der Waals surface area contributed by atoms with Crippen molar-refractivity contribution < 1.29 is 63.2 Å². The fraction of sp³-hybridized carbons (Fsp3) is 0.594. The first-order valence-electron chi connectivity index (χ1n) is 33.2. The quantitative estimate of drug-likeness (QED) is 0.0152. The third-order valence-electron chi connectivity index (χ3n) is 18.6. The number of carbonyl (C=O) groups excluding carboxylic acids is 2. The molecule has 0 aromatic heterocycles. The molecule has 8 aliphatic heterocycles. The third-order valence-corrected chi connectivity index (χ3v) is 20.6. The van der Waals surface area contributed by atoms with Gasteiger partial charge in [-0.05, 0) is 132 Å². The number of halogens is 5. The number of likely N-dealkylation sites (N-methyl/N-ethyl adjacent to an activating group) is 4. The maximum atomic E-state index is 12.6. The van der Waals surface area contributed by atoms with Crippen LogP contribution in [0, 0.1) is 52.2 Å². The largest absolute Gasteiger partial charge is 0.468 e. The standard InChI is InChI=1S/C13H14BrN3O4.C13H16BrN3O3.C12H16BrN3O3.C7H12N4O2.C7H15NO.C6H3BrFNO2.C6H12N4O/c14-8-1-2-11(12(3-8)17(19)20)15-9-4-10-6-21-7-13(18)16(10)5-9;14-9-1-2-12(13(5-9)17(18)19)15-10-6-11-8-20-4-3-16(11)7-10;1-15-6-9(5-10(15)7-17)14-11-3-2-8(13)4-12(11)16(18)19;1-11-4-5(9-10-8)3-6(11)7(12)13-2;1-6-3-7(5-9)8(2)4-6;7-4-1-2-5(8)6(3-4)9(10)11;1-10-3-5(8-9-7)2-6(10)4-11/h1-3,9-10,15H,4-7H2;1-2,5,10-11,15H,3-4,6-8H2;2-4,9-10,14,17H,5-7H2,1H3;5-6H,3-4H2,1-2H3;6-7,9H,3-5H2,1-2H3;1-3H;5-6,11H,2-4H2,1H3. The molecule has 1 amide bonds. The van der Waals surface area contributed by atoms with Gasteiger partial charge in [-0.15, -0.1) is 0 Å². The second kappa shape index (κ2) is 42.3. The summed E-state index contributed by atoms with van der Waals surface area (Å²) < 4.78 is 30.4. The molecule has 40 heteroatoms. The monoisotopic (exact) mass is 1710 g/mol. The number of azide groups is 2. The maximum Gasteiger partial charge on any atom is 0.323 e. The van der Waals surface area contributed by atoms with Gasteiger partial charge in [0.05, 0.1) is 84.6 Å². The highest BCUT2D eigenvalue weighted by molar-refractivity contribution is 9.11. The first-order valence-corrected chi connectivity index (χ1v) is 36.4. The van der Waals surface area contributed by atoms with E-state index in [-0.39, 0.29) is 108 Å². The van der Waals surface area contributed by atoms with Crippen LogP contribution in [0.2, 0.25) is 0 Å². The predicted octanol–water partition coefficient (Wildman–Crippen LogP) is 9.56. The van der Waals surface area contributed by atoms with Crippen molar-refractivity contribution in [1.82, 2.24) is 29.4 Å². The number of likely N-dealkylation sites (tertiary alicyclic amines) is 4. The third kappa shape index (κ3) is 25.8. The van der Waals surface area contributed by atoms with Crippen molar-refractivity contribution in [2.24, 2.45) is 16.1 Å². The van der Waals surface area contributed by atoms with Gasteiger partial charge in [-0.3, -0.25) is 64.7 Å². The lowest BCUT2D eigenvalue weighted by Gasteiger charge is -2.28. The second-order valence-electron chi connectivity index (χ2n) is 26.1. The van der Waals surface area contributed by atoms with Crippen LogP contribution in [-0.2, 0) is 23.8 Å². The van der Waals surface area contributed by atoms with Gasteiger partial charge in [0, 0.05) is 140 Å². The Labute approximate surface area is 633 Å². The van der Waals surface area contributed by atoms with E-state index < -0.39 is 26.3 Å². The smallest absolute Gasteiger partial charge is 0.323 e. The predicted molar refractivity (Wildman–Crippen MR) is 400 cm³/mol. The van der Waals surface area contributed by atoms with Crippen LogP contribution in [0.25, 0.3) is 20.9 Å². The number of rotatable bonds is 16. The number of fused-ring (bicyclic) bond motifs is 2. The Hall–Kier alpha value is -7.11. The van der Waals surface area contributed by atoms with Gasteiger partial charge in [-0.2, -0.15) is 4.39 Å². The van der Waals surface area contributed by atoms with Gasteiger partial charge >= 0.3 is 11.7 Å². The van der Waals surface area contributed by atoms with Crippen LogP contribution in [0.3, 0.4) is 0 Å². The lowest BCUT2D eigenvalue weighted by atomic mass is 10.1. The van der Waals surface area contributed by atoms with E-state index in [1.807, 2.05) is 37.0 Å². The number of nitro groups is 4. The van der Waals surface area contributed by atoms with E-state index in [0.717, 1.165) is 96.1 Å². The van der Waals surface area contributed by atoms with E-state index in [0.29, 0.717) is 79.8 Å². The summed E-state index contributed by atoms with van der Waals surface area (Å²) in [5.74, 6) is -0.329. The average molecular weight is 1720 g/mol. The normalized spacial score (nSPS) is 25.5. The highest BCUT2D eigenvalue weighted by atomic mass is 79.9. The number of nitro benzene ring substituents is 4. The summed E-state index contributed by atoms with van der Waals surface area (Å²) in [4.78, 5) is 82.2. The van der Waals surface area contributed by atoms with Crippen molar-refractivity contribution in [3.63, 3.8) is 0 Å². The number of nitrogens with one attached hydrogen (secondary N) is 3. The van der Waals surface area contributed by atoms with Gasteiger partial charge in [-0.1, -0.05) is 80.9 Å². The summed E-state index contributed by atoms with van der Waals surface area (Å²) in [6.07, 6.45) is 4.96. The molecule has 0 aliphatic carbocycles. The minimum absolute atomic E-state index is 0.000487. The zero-order valence-corrected chi connectivity index (χ0v) is 64.5. The molecule has 12 rings (SSSR count). The first kappa shape index (κ1) is 85.8. The highest BCUT2D eigenvalue weighted by Crippen LogP contribution is 2.35. The fourth-order valence-electron chi connectivity index (χ4n) is 13.3. The van der Waals surface area contributed by atoms with E-state index in [1.165, 1.54) is 31.4 Å². The van der Waals surface area contributed by atoms with Crippen LogP contribution < -0.4 is 16.0 Å². The summed E-state index contributed by atoms with van der Waals surface area (Å²) in [6, 6.07) is 19.8. The van der Waals surface area contributed by atoms with Crippen molar-refractivity contribution in [3.05, 3.63) is 158 Å². The van der Waals surface area contributed by atoms with Crippen LogP contribution in [-0.4, -0.2) is 270 Å². The fourth-order valence-corrected chi connectivity index (χ4v) is 14.7. The average Bonchev–Trinajstić information content (AvgIpc) is 1.64. The number of esters is 1. The van der Waals surface area contributed by atoms with Crippen molar-refractivity contribution in [2.45, 2.75) is 112 Å². The number of morpholine rings is 2. The number of aliphatic hydroxyl groups is 3. The molecule has 8 fully saturated rings. The molecule has 8 saturated heterocycles. The van der Waals surface area contributed by atoms with Crippen molar-refractivity contribution >= 4 is 115 Å². The van der Waals surface area contributed by atoms with Crippen molar-refractivity contribution in [2.75, 3.05) is 143 Å². The summed E-state index contributed by atoms with van der Waals surface area (Å²) in [5, 5.41) is 87.1. The molecular weight excluding hydrogens is 1630 g/mol. The van der Waals surface area contributed by atoms with Gasteiger partial charge in [0.1, 0.15) is 29.7 Å². The molecule has 0 saturated carbocycles. The van der Waals surface area contributed by atoms with Crippen molar-refractivity contribution in [3.8, 4) is 0 Å². The van der Waals surface area contributed by atoms with Gasteiger partial charge in [0.15, 0.2) is 0 Å². The first-order chi connectivity index (χ1) is 49.5. The Balaban J connectivity index is 0.000000194. The SMILES string of the molecule is CC1CC(CO)N(C)C1.CN1CC(N=[N+]=[N-])CC1CO.CN1CC(Nc2ccc(Br)cc2[N+](=O)[O-])CC1CO.COC(=O)C1CC(N=[N+]=[N-])CN1C.O=C1COCC2CC(Nc3ccc(Br)cc3[N+](=O)[O-])CN12.O=[N+]([O-])c1cc(Br)ccc1F.O=[N+]([O-])c1cc(Br)ccc1NC1CC2COCCN2C1. The molecule has 35 nitrogen and oxygen atoms in total. The number of ether oxygens (including phenoxy) is 3. The van der Waals surface area contributed by atoms with Gasteiger partial charge in [-0.25, -0.2) is 0 Å². The van der Waals surface area contributed by atoms with Gasteiger partial charge < -0.3 is 60.2 Å². The molecule has 4 aromatic rings. The molecule has 12 atom stereocenters. The molecule has 0 spiro atoms. The zero-order chi connectivity index (χ0) is 76.5. The molecule has 104 heavy (non-hydrogen) atoms. The van der Waals surface area contributed by atoms with Crippen LogP contribution in [0.1, 0.15) is 45.4 Å². The molecule has 0 bridgehead atoms. The summed E-state index contributed by atoms with van der Waals surface area (Å²) in [6.45, 7) is 10.7. The Morgan fingerprint density at radius 3 is 1.43 bits per heavy atom. The van der Waals surface area contributed by atoms with E-state index >= 15 is 0 Å². The molecule has 12 unspecified atom stereocenters. The maximum absolute atomic E-state index is 12.6. The second-order valence-corrected chi connectivity index (χ2v) is 29.8. The van der Waals surface area contributed by atoms with E-state index in [4.69, 9.17) is 30.7 Å². The number of methoxy groups -OCH3 is 1. The molecule has 570 valence electrons. The van der Waals surface area contributed by atoms with Gasteiger partial charge in [0.2, 0.25) is 11.7 Å². The van der Waals surface area contributed by atoms with Crippen LogP contribution in [0.4, 0.5) is 44.2 Å². The summed E-state index contributed by atoms with van der Waals surface area (Å²) in [5.41, 5.74) is 17.6. The highest BCUT2D eigenvalue weighted by Gasteiger charge is 2.40. The van der Waals surface area contributed by atoms with Crippen LogP contribution >= 0.6 is 63.7 Å². The number of carbonyl (C=O) groups is 2. The minimum Gasteiger partial charge on any atom is -0.468 e. The topological polar surface area (TPSA) is 448 Å². The zero-order valence-electron chi connectivity index (χ0n) is 58.2. The van der Waals surface area contributed by atoms with Gasteiger partial charge in [0.25, 0.3) is 17.1 Å². The van der Waals surface area contributed by atoms with E-state index in [1.54, 1.807) is 35.2 Å². The van der Waals surface area contributed by atoms with Crippen LogP contribution in [0.5, 0.6) is 0 Å². The number of aliphatic hydroxyl groups excluding tert-OH is 3. The summed E-state index contributed by atoms with van der Waals surface area (Å²) in [7, 11) is 9.11. The molecule has 0 radical (unpaired) electrons. The van der Waals surface area contributed by atoms with E-state index in [9.17, 15) is 59.5 Å². The molecule has 8 heterocycles. The Kier molecular flexibility index (Phi) is 34.9. The Morgan fingerprint density at radius 2 is 1.01 bits per heavy atom. The Bertz CT molecular complexity index is 3660. The van der Waals surface area contributed by atoms with Crippen molar-refractivity contribution in [1.29, 1.82) is 0 Å². The van der Waals surface area contributed by atoms with E-state index in [2.05, 4.69) is 133 Å². The number of benzene rings is 4. The lowest BCUT2D eigenvalue weighted by molar-refractivity contribution is -0.387. The molecule has 8 aliphatic rings. The number of hydrogen-bond acceptors (Lipinski definition) is 26. The molecular formula is C64H88Br4FN19O16. The lowest BCUT2D eigenvalue weighted by Crippen LogP contribution is -2.45. The number of amides is 1.